The largest absolute Gasteiger partial charge is 0.339 e. The van der Waals surface area contributed by atoms with Gasteiger partial charge in [-0.25, -0.2) is 22.5 Å². The van der Waals surface area contributed by atoms with Crippen LogP contribution in [0.5, 0.6) is 0 Å². The van der Waals surface area contributed by atoms with Crippen molar-refractivity contribution in [2.45, 2.75) is 42.3 Å². The standard InChI is InChI=1S/C25H27FN4O2S/c1-29-14-22(27-15-29)33(31,32)28-9-8-17-11-19-18(12-21(17)26)13-25(23-24(25)30(23)2)20(19)10-16-6-4-3-5-7-16/h3-7,11-12,14-15,20,23-24,28H,8-10,13H2,1-2H3. The molecular formula is C25H27FN4O2S. The molecular weight excluding hydrogens is 439 g/mol. The van der Waals surface area contributed by atoms with E-state index in [0.29, 0.717) is 30.0 Å². The lowest BCUT2D eigenvalue weighted by atomic mass is 9.81. The second-order valence-corrected chi connectivity index (χ2v) is 11.5. The third-order valence-corrected chi connectivity index (χ3v) is 9.18. The van der Waals surface area contributed by atoms with Gasteiger partial charge in [0.2, 0.25) is 0 Å². The summed E-state index contributed by atoms with van der Waals surface area (Å²) >= 11 is 0. The molecule has 1 aliphatic heterocycles. The molecule has 2 aliphatic carbocycles. The zero-order valence-electron chi connectivity index (χ0n) is 18.7. The Morgan fingerprint density at radius 3 is 2.61 bits per heavy atom. The van der Waals surface area contributed by atoms with Gasteiger partial charge in [-0.2, -0.15) is 0 Å². The highest BCUT2D eigenvalue weighted by atomic mass is 32.2. The van der Waals surface area contributed by atoms with Gasteiger partial charge in [-0.05, 0) is 60.5 Å². The van der Waals surface area contributed by atoms with E-state index >= 15 is 0 Å². The number of aromatic nitrogens is 2. The maximum Gasteiger partial charge on any atom is 0.259 e. The molecule has 0 radical (unpaired) electrons. The maximum absolute atomic E-state index is 15.0. The fourth-order valence-electron chi connectivity index (χ4n) is 6.22. The Kier molecular flexibility index (Phi) is 4.60. The highest BCUT2D eigenvalue weighted by molar-refractivity contribution is 7.89. The number of imidazole rings is 1. The number of sulfonamides is 1. The number of likely N-dealkylation sites (tertiary alicyclic amines) is 1. The first-order chi connectivity index (χ1) is 15.8. The molecule has 8 heteroatoms. The Morgan fingerprint density at radius 1 is 1.18 bits per heavy atom. The van der Waals surface area contributed by atoms with Crippen LogP contribution in [0, 0.1) is 11.2 Å². The fraction of sp³-hybridized carbons (Fsp3) is 0.400. The normalized spacial score (nSPS) is 29.2. The topological polar surface area (TPSA) is 67.0 Å². The number of benzene rings is 2. The van der Waals surface area contributed by atoms with Gasteiger partial charge in [0.15, 0.2) is 5.03 Å². The van der Waals surface area contributed by atoms with Gasteiger partial charge in [0.25, 0.3) is 10.0 Å². The number of likely N-dealkylation sites (N-methyl/N-ethyl adjacent to an activating group) is 1. The lowest BCUT2D eigenvalue weighted by Gasteiger charge is -2.29. The number of halogens is 1. The second kappa shape index (κ2) is 7.22. The summed E-state index contributed by atoms with van der Waals surface area (Å²) in [6.07, 6.45) is 5.07. The number of nitrogens with zero attached hydrogens (tertiary/aromatic N) is 3. The molecule has 6 rings (SSSR count). The van der Waals surface area contributed by atoms with Crippen LogP contribution in [-0.2, 0) is 36.3 Å². The monoisotopic (exact) mass is 466 g/mol. The van der Waals surface area contributed by atoms with Crippen LogP contribution in [0.25, 0.3) is 0 Å². The van der Waals surface area contributed by atoms with E-state index in [4.69, 9.17) is 0 Å². The summed E-state index contributed by atoms with van der Waals surface area (Å²) in [4.78, 5) is 6.31. The molecule has 33 heavy (non-hydrogen) atoms. The van der Waals surface area contributed by atoms with Crippen LogP contribution in [0.15, 0.2) is 60.0 Å². The molecule has 0 bridgehead atoms. The molecule has 6 nitrogen and oxygen atoms in total. The van der Waals surface area contributed by atoms with Crippen LogP contribution in [-0.4, -0.2) is 48.5 Å². The van der Waals surface area contributed by atoms with Crippen LogP contribution >= 0.6 is 0 Å². The van der Waals surface area contributed by atoms with Crippen LogP contribution in [0.2, 0.25) is 0 Å². The molecule has 3 atom stereocenters. The van der Waals surface area contributed by atoms with Crippen LogP contribution in [0.3, 0.4) is 0 Å². The molecule has 0 amide bonds. The zero-order valence-corrected chi connectivity index (χ0v) is 19.5. The summed E-state index contributed by atoms with van der Waals surface area (Å²) in [6.45, 7) is 0.122. The third-order valence-electron chi connectivity index (χ3n) is 7.83. The smallest absolute Gasteiger partial charge is 0.259 e. The van der Waals surface area contributed by atoms with E-state index in [9.17, 15) is 12.8 Å². The Balaban J connectivity index is 1.23. The quantitative estimate of drug-likeness (QED) is 0.544. The van der Waals surface area contributed by atoms with Crippen molar-refractivity contribution in [1.82, 2.24) is 19.2 Å². The second-order valence-electron chi connectivity index (χ2n) is 9.75. The first kappa shape index (κ1) is 21.0. The van der Waals surface area contributed by atoms with Crippen molar-refractivity contribution in [1.29, 1.82) is 0 Å². The molecule has 1 saturated carbocycles. The SMILES string of the molecule is CN1C2C1C21Cc2cc(F)c(CCNS(=O)(=O)c3cn(C)cn3)cc2C1Cc1ccccc1. The van der Waals surface area contributed by atoms with Gasteiger partial charge in [-0.3, -0.25) is 4.90 Å². The minimum Gasteiger partial charge on any atom is -0.339 e. The van der Waals surface area contributed by atoms with E-state index in [-0.39, 0.29) is 22.8 Å². The van der Waals surface area contributed by atoms with Crippen LogP contribution in [0.1, 0.15) is 28.2 Å². The molecule has 1 spiro atoms. The number of hydrogen-bond acceptors (Lipinski definition) is 4. The number of hydrogen-bond donors (Lipinski definition) is 1. The minimum atomic E-state index is -3.71. The van der Waals surface area contributed by atoms with Gasteiger partial charge in [0, 0.05) is 37.3 Å². The Hall–Kier alpha value is -2.55. The lowest BCUT2D eigenvalue weighted by Crippen LogP contribution is -2.31. The number of aryl methyl sites for hydroxylation is 1. The highest BCUT2D eigenvalue weighted by Crippen LogP contribution is 2.76. The van der Waals surface area contributed by atoms with Crippen molar-refractivity contribution < 1.29 is 12.8 Å². The summed E-state index contributed by atoms with van der Waals surface area (Å²) in [5.74, 6) is 0.120. The highest BCUT2D eigenvalue weighted by Gasteiger charge is 2.84. The summed E-state index contributed by atoms with van der Waals surface area (Å²) in [7, 11) is 0.172. The van der Waals surface area contributed by atoms with Gasteiger partial charge in [-0.1, -0.05) is 36.4 Å². The van der Waals surface area contributed by atoms with Crippen LogP contribution in [0.4, 0.5) is 4.39 Å². The predicted molar refractivity (Wildman–Crippen MR) is 123 cm³/mol. The van der Waals surface area contributed by atoms with Gasteiger partial charge >= 0.3 is 0 Å². The van der Waals surface area contributed by atoms with Crippen molar-refractivity contribution in [2.75, 3.05) is 13.6 Å². The molecule has 3 aliphatic rings. The average molecular weight is 467 g/mol. The first-order valence-corrected chi connectivity index (χ1v) is 12.8. The van der Waals surface area contributed by atoms with Gasteiger partial charge in [0.05, 0.1) is 6.33 Å². The zero-order chi connectivity index (χ0) is 23.0. The number of rotatable bonds is 7. The molecule has 3 aromatic rings. The molecule has 3 unspecified atom stereocenters. The Labute approximate surface area is 193 Å². The van der Waals surface area contributed by atoms with Crippen molar-refractivity contribution in [2.24, 2.45) is 12.5 Å². The van der Waals surface area contributed by atoms with Gasteiger partial charge in [-0.15, -0.1) is 0 Å². The van der Waals surface area contributed by atoms with Crippen molar-refractivity contribution in [3.05, 3.63) is 83.1 Å². The minimum absolute atomic E-state index is 0.0265. The van der Waals surface area contributed by atoms with Gasteiger partial charge < -0.3 is 4.57 Å². The van der Waals surface area contributed by atoms with Crippen LogP contribution < -0.4 is 4.72 Å². The molecule has 1 aromatic heterocycles. The molecule has 1 saturated heterocycles. The van der Waals surface area contributed by atoms with Gasteiger partial charge in [0.1, 0.15) is 5.82 Å². The Bertz CT molecular complexity index is 1330. The van der Waals surface area contributed by atoms with E-state index in [0.717, 1.165) is 18.4 Å². The number of fused-ring (bicyclic) bond motifs is 4. The molecule has 2 heterocycles. The molecule has 172 valence electrons. The Morgan fingerprint density at radius 2 is 1.94 bits per heavy atom. The van der Waals surface area contributed by atoms with Crippen molar-refractivity contribution in [3.8, 4) is 0 Å². The average Bonchev–Trinajstić information content (AvgIpc) is 3.54. The van der Waals surface area contributed by atoms with E-state index < -0.39 is 10.0 Å². The van der Waals surface area contributed by atoms with E-state index in [1.165, 1.54) is 23.7 Å². The summed E-state index contributed by atoms with van der Waals surface area (Å²) in [5, 5.41) is -0.0265. The first-order valence-electron chi connectivity index (χ1n) is 11.4. The maximum atomic E-state index is 15.0. The fourth-order valence-corrected chi connectivity index (χ4v) is 7.23. The summed E-state index contributed by atoms with van der Waals surface area (Å²) < 4.78 is 44.0. The van der Waals surface area contributed by atoms with E-state index in [1.54, 1.807) is 17.7 Å². The van der Waals surface area contributed by atoms with Crippen molar-refractivity contribution >= 4 is 10.0 Å². The third kappa shape index (κ3) is 3.26. The van der Waals surface area contributed by atoms with Crippen molar-refractivity contribution in [3.63, 3.8) is 0 Å². The lowest BCUT2D eigenvalue weighted by molar-refractivity contribution is 0.226. The molecule has 2 fully saturated rings. The summed E-state index contributed by atoms with van der Waals surface area (Å²) in [5.41, 5.74) is 4.46. The molecule has 2 aromatic carbocycles. The number of nitrogens with one attached hydrogen (secondary N) is 1. The molecule has 1 N–H and O–H groups in total. The van der Waals surface area contributed by atoms with E-state index in [1.807, 2.05) is 12.1 Å². The summed E-state index contributed by atoms with van der Waals surface area (Å²) in [6, 6.07) is 15.4. The van der Waals surface area contributed by atoms with E-state index in [2.05, 4.69) is 45.9 Å². The predicted octanol–water partition coefficient (Wildman–Crippen LogP) is 2.65.